The van der Waals surface area contributed by atoms with Crippen LogP contribution >= 0.6 is 0 Å². The molecule has 3 fully saturated rings. The van der Waals surface area contributed by atoms with Gasteiger partial charge in [-0.25, -0.2) is 0 Å². The maximum atomic E-state index is 11.8. The summed E-state index contributed by atoms with van der Waals surface area (Å²) in [6, 6.07) is 0.208. The lowest BCUT2D eigenvalue weighted by Crippen LogP contribution is -2.44. The number of amides is 1. The molecule has 0 spiro atoms. The Balaban J connectivity index is 1.38. The summed E-state index contributed by atoms with van der Waals surface area (Å²) in [5, 5.41) is 6.43. The number of morpholine rings is 1. The second kappa shape index (κ2) is 4.58. The molecule has 0 radical (unpaired) electrons. The first-order valence-corrected chi connectivity index (χ1v) is 6.86. The van der Waals surface area contributed by atoms with Crippen molar-refractivity contribution in [2.45, 2.75) is 38.1 Å². The van der Waals surface area contributed by atoms with Gasteiger partial charge in [0, 0.05) is 25.6 Å². The first-order valence-electron chi connectivity index (χ1n) is 6.86. The normalized spacial score (nSPS) is 30.9. The highest BCUT2D eigenvalue weighted by molar-refractivity contribution is 5.76. The van der Waals surface area contributed by atoms with Gasteiger partial charge in [0.15, 0.2) is 0 Å². The molecule has 0 aromatic heterocycles. The van der Waals surface area contributed by atoms with E-state index < -0.39 is 0 Å². The summed E-state index contributed by atoms with van der Waals surface area (Å²) in [4.78, 5) is 11.8. The molecule has 1 atom stereocenters. The number of hydrogen-bond donors (Lipinski definition) is 2. The number of ether oxygens (including phenoxy) is 1. The molecule has 0 aromatic carbocycles. The molecule has 1 unspecified atom stereocenters. The molecular formula is C13H22N2O2. The molecule has 0 bridgehead atoms. The zero-order chi connectivity index (χ0) is 11.7. The monoisotopic (exact) mass is 238 g/mol. The Hall–Kier alpha value is -0.610. The Morgan fingerprint density at radius 1 is 1.41 bits per heavy atom. The van der Waals surface area contributed by atoms with Crippen LogP contribution in [0.1, 0.15) is 32.1 Å². The Labute approximate surface area is 102 Å². The van der Waals surface area contributed by atoms with E-state index >= 15 is 0 Å². The molecule has 2 saturated carbocycles. The lowest BCUT2D eigenvalue weighted by molar-refractivity contribution is -0.122. The van der Waals surface area contributed by atoms with Crippen LogP contribution < -0.4 is 10.6 Å². The van der Waals surface area contributed by atoms with Crippen LogP contribution in [0.4, 0.5) is 0 Å². The van der Waals surface area contributed by atoms with Crippen molar-refractivity contribution in [2.24, 2.45) is 11.3 Å². The lowest BCUT2D eigenvalue weighted by atomic mass is 10.0. The molecule has 4 nitrogen and oxygen atoms in total. The summed E-state index contributed by atoms with van der Waals surface area (Å²) in [6.45, 7) is 3.21. The third kappa shape index (κ3) is 2.80. The van der Waals surface area contributed by atoms with Gasteiger partial charge in [-0.3, -0.25) is 4.79 Å². The third-order valence-corrected chi connectivity index (χ3v) is 4.40. The lowest BCUT2D eigenvalue weighted by Gasteiger charge is -2.23. The van der Waals surface area contributed by atoms with Crippen molar-refractivity contribution in [1.29, 1.82) is 0 Å². The molecular weight excluding hydrogens is 216 g/mol. The van der Waals surface area contributed by atoms with Crippen molar-refractivity contribution >= 4 is 5.91 Å². The average molecular weight is 238 g/mol. The number of hydrogen-bond acceptors (Lipinski definition) is 3. The van der Waals surface area contributed by atoms with E-state index in [2.05, 4.69) is 10.6 Å². The fraction of sp³-hybridized carbons (Fsp3) is 0.923. The summed E-state index contributed by atoms with van der Waals surface area (Å²) >= 11 is 0. The molecule has 1 amide bonds. The fourth-order valence-electron chi connectivity index (χ4n) is 2.91. The number of nitrogens with one attached hydrogen (secondary N) is 2. The van der Waals surface area contributed by atoms with Crippen molar-refractivity contribution in [1.82, 2.24) is 10.6 Å². The van der Waals surface area contributed by atoms with E-state index in [1.807, 2.05) is 0 Å². The van der Waals surface area contributed by atoms with Crippen molar-refractivity contribution < 1.29 is 9.53 Å². The first-order chi connectivity index (χ1) is 8.28. The van der Waals surface area contributed by atoms with Gasteiger partial charge in [0.2, 0.25) is 5.91 Å². The van der Waals surface area contributed by atoms with E-state index in [9.17, 15) is 4.79 Å². The minimum absolute atomic E-state index is 0.180. The van der Waals surface area contributed by atoms with Crippen LogP contribution in [0.25, 0.3) is 0 Å². The van der Waals surface area contributed by atoms with Crippen LogP contribution in [-0.2, 0) is 9.53 Å². The van der Waals surface area contributed by atoms with Gasteiger partial charge in [-0.15, -0.1) is 0 Å². The summed E-state index contributed by atoms with van der Waals surface area (Å²) in [7, 11) is 0. The standard InChI is InChI=1S/C13H22N2O2/c16-12(7-11-8-17-6-5-14-11)15-9-13(3-4-13)10-1-2-10/h10-11,14H,1-9H2,(H,15,16). The van der Waals surface area contributed by atoms with Gasteiger partial charge in [0.1, 0.15) is 0 Å². The molecule has 0 aromatic rings. The summed E-state index contributed by atoms with van der Waals surface area (Å²) in [5.41, 5.74) is 0.506. The minimum Gasteiger partial charge on any atom is -0.378 e. The summed E-state index contributed by atoms with van der Waals surface area (Å²) < 4.78 is 5.35. The maximum Gasteiger partial charge on any atom is 0.221 e. The molecule has 3 aliphatic rings. The Kier molecular flexibility index (Phi) is 3.09. The van der Waals surface area contributed by atoms with Crippen molar-refractivity contribution in [3.63, 3.8) is 0 Å². The fourth-order valence-corrected chi connectivity index (χ4v) is 2.91. The SMILES string of the molecule is O=C(CC1COCCN1)NCC1(C2CC2)CC1. The third-order valence-electron chi connectivity index (χ3n) is 4.40. The number of rotatable bonds is 5. The van der Waals surface area contributed by atoms with Gasteiger partial charge >= 0.3 is 0 Å². The van der Waals surface area contributed by atoms with Crippen molar-refractivity contribution in [3.8, 4) is 0 Å². The smallest absolute Gasteiger partial charge is 0.221 e. The van der Waals surface area contributed by atoms with Crippen LogP contribution in [0.15, 0.2) is 0 Å². The Morgan fingerprint density at radius 3 is 2.82 bits per heavy atom. The van der Waals surface area contributed by atoms with E-state index in [-0.39, 0.29) is 11.9 Å². The maximum absolute atomic E-state index is 11.8. The van der Waals surface area contributed by atoms with E-state index in [1.54, 1.807) is 0 Å². The van der Waals surface area contributed by atoms with Gasteiger partial charge in [-0.05, 0) is 37.0 Å². The highest BCUT2D eigenvalue weighted by Crippen LogP contribution is 2.60. The first kappa shape index (κ1) is 11.5. The van der Waals surface area contributed by atoms with Crippen LogP contribution in [0, 0.1) is 11.3 Å². The van der Waals surface area contributed by atoms with Gasteiger partial charge < -0.3 is 15.4 Å². The molecule has 3 rings (SSSR count). The Morgan fingerprint density at radius 2 is 2.24 bits per heavy atom. The van der Waals surface area contributed by atoms with Gasteiger partial charge in [0.05, 0.1) is 13.2 Å². The second-order valence-electron chi connectivity index (χ2n) is 5.84. The van der Waals surface area contributed by atoms with E-state index in [4.69, 9.17) is 4.74 Å². The molecule has 1 saturated heterocycles. The van der Waals surface area contributed by atoms with Crippen LogP contribution in [0.3, 0.4) is 0 Å². The largest absolute Gasteiger partial charge is 0.378 e. The molecule has 4 heteroatoms. The van der Waals surface area contributed by atoms with E-state index in [0.717, 1.165) is 25.6 Å². The predicted octanol–water partition coefficient (Wildman–Crippen LogP) is 0.671. The number of carbonyl (C=O) groups is 1. The van der Waals surface area contributed by atoms with Crippen LogP contribution in [0.5, 0.6) is 0 Å². The molecule has 17 heavy (non-hydrogen) atoms. The number of carbonyl (C=O) groups excluding carboxylic acids is 1. The second-order valence-corrected chi connectivity index (χ2v) is 5.84. The molecule has 96 valence electrons. The topological polar surface area (TPSA) is 50.4 Å². The van der Waals surface area contributed by atoms with Crippen molar-refractivity contribution in [3.05, 3.63) is 0 Å². The van der Waals surface area contributed by atoms with Crippen LogP contribution in [-0.4, -0.2) is 38.3 Å². The van der Waals surface area contributed by atoms with E-state index in [1.165, 1.54) is 25.7 Å². The molecule has 1 heterocycles. The van der Waals surface area contributed by atoms with Crippen LogP contribution in [0.2, 0.25) is 0 Å². The Bertz CT molecular complexity index is 292. The predicted molar refractivity (Wildman–Crippen MR) is 64.6 cm³/mol. The molecule has 2 N–H and O–H groups in total. The quantitative estimate of drug-likeness (QED) is 0.740. The minimum atomic E-state index is 0.180. The zero-order valence-corrected chi connectivity index (χ0v) is 10.3. The summed E-state index contributed by atoms with van der Waals surface area (Å²) in [5.74, 6) is 1.10. The highest BCUT2D eigenvalue weighted by Gasteiger charge is 2.53. The van der Waals surface area contributed by atoms with Gasteiger partial charge in [0.25, 0.3) is 0 Å². The summed E-state index contributed by atoms with van der Waals surface area (Å²) in [6.07, 6.45) is 5.97. The molecule has 2 aliphatic carbocycles. The zero-order valence-electron chi connectivity index (χ0n) is 10.3. The van der Waals surface area contributed by atoms with Crippen molar-refractivity contribution in [2.75, 3.05) is 26.3 Å². The van der Waals surface area contributed by atoms with Gasteiger partial charge in [-0.1, -0.05) is 0 Å². The van der Waals surface area contributed by atoms with Gasteiger partial charge in [-0.2, -0.15) is 0 Å². The van der Waals surface area contributed by atoms with E-state index in [0.29, 0.717) is 18.4 Å². The highest BCUT2D eigenvalue weighted by atomic mass is 16.5. The average Bonchev–Trinajstić information content (AvgIpc) is 3.20. The molecule has 1 aliphatic heterocycles.